The minimum atomic E-state index is 0.0725. The van der Waals surface area contributed by atoms with E-state index in [-0.39, 0.29) is 5.84 Å². The zero-order chi connectivity index (χ0) is 10.7. The van der Waals surface area contributed by atoms with Crippen LogP contribution in [0.1, 0.15) is 5.56 Å². The second kappa shape index (κ2) is 4.53. The Kier molecular flexibility index (Phi) is 3.11. The first kappa shape index (κ1) is 10.3. The summed E-state index contributed by atoms with van der Waals surface area (Å²) in [5, 5.41) is 7.27. The van der Waals surface area contributed by atoms with Gasteiger partial charge in [-0.25, -0.2) is 4.98 Å². The molecule has 1 saturated heterocycles. The summed E-state index contributed by atoms with van der Waals surface area (Å²) in [5.41, 5.74) is 6.05. The molecule has 4 nitrogen and oxygen atoms in total. The average Bonchev–Trinajstić information content (AvgIpc) is 2.30. The molecule has 80 valence electrons. The Hall–Kier alpha value is -1.23. The van der Waals surface area contributed by atoms with Crippen LogP contribution < -0.4 is 10.6 Å². The molecule has 1 aliphatic rings. The largest absolute Gasteiger partial charge is 0.384 e. The van der Waals surface area contributed by atoms with E-state index < -0.39 is 0 Å². The number of hydrogen-bond donors (Lipinski definition) is 2. The molecule has 0 atom stereocenters. The van der Waals surface area contributed by atoms with Crippen LogP contribution in [0.15, 0.2) is 18.3 Å². The first-order valence-electron chi connectivity index (χ1n) is 4.90. The predicted octanol–water partition coefficient (Wildman–Crippen LogP) is 0.919. The lowest BCUT2D eigenvalue weighted by Gasteiger charge is -2.27. The Bertz CT molecular complexity index is 343. The maximum atomic E-state index is 7.27. The lowest BCUT2D eigenvalue weighted by molar-refractivity contribution is 0.839. The normalized spacial score (nSPS) is 16.4. The van der Waals surface area contributed by atoms with Gasteiger partial charge in [0.05, 0.1) is 0 Å². The Morgan fingerprint density at radius 3 is 2.67 bits per heavy atom. The minimum absolute atomic E-state index is 0.0725. The Balaban J connectivity index is 2.11. The fourth-order valence-corrected chi connectivity index (χ4v) is 2.43. The minimum Gasteiger partial charge on any atom is -0.384 e. The van der Waals surface area contributed by atoms with Crippen molar-refractivity contribution < 1.29 is 0 Å². The van der Waals surface area contributed by atoms with Gasteiger partial charge in [0.25, 0.3) is 0 Å². The molecule has 1 aromatic rings. The zero-order valence-corrected chi connectivity index (χ0v) is 9.26. The maximum Gasteiger partial charge on any atom is 0.128 e. The highest BCUT2D eigenvalue weighted by molar-refractivity contribution is 7.99. The fourth-order valence-electron chi connectivity index (χ4n) is 1.52. The zero-order valence-electron chi connectivity index (χ0n) is 8.44. The van der Waals surface area contributed by atoms with Gasteiger partial charge in [-0.1, -0.05) is 0 Å². The fraction of sp³-hybridized carbons (Fsp3) is 0.400. The number of hydrogen-bond acceptors (Lipinski definition) is 4. The van der Waals surface area contributed by atoms with E-state index in [2.05, 4.69) is 9.88 Å². The van der Waals surface area contributed by atoms with Gasteiger partial charge < -0.3 is 10.6 Å². The topological polar surface area (TPSA) is 66.0 Å². The van der Waals surface area contributed by atoms with Gasteiger partial charge in [-0.05, 0) is 12.1 Å². The third-order valence-electron chi connectivity index (χ3n) is 2.39. The predicted molar refractivity (Wildman–Crippen MR) is 64.8 cm³/mol. The molecule has 0 saturated carbocycles. The Labute approximate surface area is 93.4 Å². The molecule has 2 rings (SSSR count). The average molecular weight is 222 g/mol. The lowest BCUT2D eigenvalue weighted by atomic mass is 10.2. The van der Waals surface area contributed by atoms with Gasteiger partial charge in [0, 0.05) is 36.4 Å². The Morgan fingerprint density at radius 2 is 2.13 bits per heavy atom. The molecule has 1 fully saturated rings. The second-order valence-electron chi connectivity index (χ2n) is 3.42. The van der Waals surface area contributed by atoms with E-state index in [4.69, 9.17) is 11.1 Å². The molecule has 0 aliphatic carbocycles. The summed E-state index contributed by atoms with van der Waals surface area (Å²) < 4.78 is 0. The number of pyridine rings is 1. The summed E-state index contributed by atoms with van der Waals surface area (Å²) in [7, 11) is 0. The monoisotopic (exact) mass is 222 g/mol. The van der Waals surface area contributed by atoms with Crippen LogP contribution in [-0.4, -0.2) is 35.4 Å². The van der Waals surface area contributed by atoms with Crippen molar-refractivity contribution in [2.45, 2.75) is 0 Å². The number of amidine groups is 1. The number of nitrogens with one attached hydrogen (secondary N) is 1. The van der Waals surface area contributed by atoms with E-state index in [1.807, 2.05) is 23.9 Å². The number of rotatable bonds is 2. The summed E-state index contributed by atoms with van der Waals surface area (Å²) in [5.74, 6) is 3.38. The molecule has 1 aromatic heterocycles. The van der Waals surface area contributed by atoms with E-state index in [9.17, 15) is 0 Å². The van der Waals surface area contributed by atoms with Crippen LogP contribution >= 0.6 is 11.8 Å². The van der Waals surface area contributed by atoms with Gasteiger partial charge in [-0.3, -0.25) is 5.41 Å². The summed E-state index contributed by atoms with van der Waals surface area (Å²) in [6, 6.07) is 3.79. The first-order chi connectivity index (χ1) is 7.27. The Morgan fingerprint density at radius 1 is 1.40 bits per heavy atom. The number of nitrogen functional groups attached to an aromatic ring is 1. The van der Waals surface area contributed by atoms with Gasteiger partial charge >= 0.3 is 0 Å². The molecule has 1 aliphatic heterocycles. The molecule has 0 radical (unpaired) electrons. The molecule has 5 heteroatoms. The second-order valence-corrected chi connectivity index (χ2v) is 4.64. The van der Waals surface area contributed by atoms with Crippen LogP contribution in [0.3, 0.4) is 0 Å². The van der Waals surface area contributed by atoms with Crippen molar-refractivity contribution in [1.29, 1.82) is 5.41 Å². The van der Waals surface area contributed by atoms with Crippen molar-refractivity contribution in [2.75, 3.05) is 29.5 Å². The van der Waals surface area contributed by atoms with Gasteiger partial charge in [0.2, 0.25) is 0 Å². The highest BCUT2D eigenvalue weighted by Crippen LogP contribution is 2.16. The number of anilines is 1. The van der Waals surface area contributed by atoms with Crippen molar-refractivity contribution in [3.63, 3.8) is 0 Å². The van der Waals surface area contributed by atoms with E-state index in [1.165, 1.54) is 0 Å². The van der Waals surface area contributed by atoms with Gasteiger partial charge in [0.1, 0.15) is 11.7 Å². The summed E-state index contributed by atoms with van der Waals surface area (Å²) in [4.78, 5) is 6.58. The van der Waals surface area contributed by atoms with Crippen molar-refractivity contribution in [1.82, 2.24) is 4.98 Å². The molecule has 2 heterocycles. The van der Waals surface area contributed by atoms with Crippen molar-refractivity contribution >= 4 is 23.4 Å². The molecule has 0 spiro atoms. The van der Waals surface area contributed by atoms with Crippen LogP contribution in [0.25, 0.3) is 0 Å². The van der Waals surface area contributed by atoms with E-state index in [0.29, 0.717) is 5.56 Å². The van der Waals surface area contributed by atoms with E-state index >= 15 is 0 Å². The maximum absolute atomic E-state index is 7.27. The standard InChI is InChI=1S/C10H14N4S/c11-10(12)8-1-2-9(13-7-8)14-3-5-15-6-4-14/h1-2,7H,3-6H2,(H3,11,12). The third-order valence-corrected chi connectivity index (χ3v) is 3.34. The summed E-state index contributed by atoms with van der Waals surface area (Å²) >= 11 is 1.98. The molecular formula is C10H14N4S. The van der Waals surface area contributed by atoms with Gasteiger partial charge in [-0.2, -0.15) is 11.8 Å². The number of nitrogens with two attached hydrogens (primary N) is 1. The molecule has 0 bridgehead atoms. The third kappa shape index (κ3) is 2.41. The van der Waals surface area contributed by atoms with Crippen LogP contribution in [0.2, 0.25) is 0 Å². The van der Waals surface area contributed by atoms with Crippen LogP contribution in [0.5, 0.6) is 0 Å². The smallest absolute Gasteiger partial charge is 0.128 e. The van der Waals surface area contributed by atoms with E-state index in [0.717, 1.165) is 30.4 Å². The molecule has 15 heavy (non-hydrogen) atoms. The molecule has 0 unspecified atom stereocenters. The van der Waals surface area contributed by atoms with E-state index in [1.54, 1.807) is 6.20 Å². The van der Waals surface area contributed by atoms with Gasteiger partial charge in [0.15, 0.2) is 0 Å². The quantitative estimate of drug-likeness (QED) is 0.577. The summed E-state index contributed by atoms with van der Waals surface area (Å²) in [6.45, 7) is 2.11. The first-order valence-corrected chi connectivity index (χ1v) is 6.06. The number of nitrogens with zero attached hydrogens (tertiary/aromatic N) is 2. The molecule has 0 amide bonds. The molecular weight excluding hydrogens is 208 g/mol. The summed E-state index contributed by atoms with van der Waals surface area (Å²) in [6.07, 6.45) is 1.67. The van der Waals surface area contributed by atoms with Crippen LogP contribution in [0.4, 0.5) is 5.82 Å². The highest BCUT2D eigenvalue weighted by Gasteiger charge is 2.11. The van der Waals surface area contributed by atoms with Crippen LogP contribution in [-0.2, 0) is 0 Å². The van der Waals surface area contributed by atoms with Crippen molar-refractivity contribution in [3.05, 3.63) is 23.9 Å². The van der Waals surface area contributed by atoms with Crippen LogP contribution in [0, 0.1) is 5.41 Å². The SMILES string of the molecule is N=C(N)c1ccc(N2CCSCC2)nc1. The lowest BCUT2D eigenvalue weighted by Crippen LogP contribution is -2.33. The number of thioether (sulfide) groups is 1. The van der Waals surface area contributed by atoms with Crippen molar-refractivity contribution in [3.8, 4) is 0 Å². The number of aromatic nitrogens is 1. The molecule has 3 N–H and O–H groups in total. The molecule has 0 aromatic carbocycles. The van der Waals surface area contributed by atoms with Crippen molar-refractivity contribution in [2.24, 2.45) is 5.73 Å². The highest BCUT2D eigenvalue weighted by atomic mass is 32.2. The van der Waals surface area contributed by atoms with Gasteiger partial charge in [-0.15, -0.1) is 0 Å².